The van der Waals surface area contributed by atoms with Gasteiger partial charge in [-0.3, -0.25) is 0 Å². The van der Waals surface area contributed by atoms with Crippen molar-refractivity contribution < 1.29 is 27.1 Å². The van der Waals surface area contributed by atoms with Gasteiger partial charge in [0.05, 0.1) is 24.3 Å². The summed E-state index contributed by atoms with van der Waals surface area (Å²) in [4.78, 5) is 16.2. The third-order valence-corrected chi connectivity index (χ3v) is 7.10. The fourth-order valence-corrected chi connectivity index (χ4v) is 4.92. The summed E-state index contributed by atoms with van der Waals surface area (Å²) >= 11 is 6.18. The minimum Gasteiger partial charge on any atom is -0.457 e. The number of carbonyl (C=O) groups excluding carboxylic acids is 1. The number of fused-ring (bicyclic) bond motifs is 1. The number of sulfonamides is 1. The molecule has 3 aromatic rings. The fraction of sp³-hybridized carbons (Fsp3) is 0.238. The number of morpholine rings is 1. The highest BCUT2D eigenvalue weighted by atomic mass is 35.5. The molecule has 0 unspecified atom stereocenters. The summed E-state index contributed by atoms with van der Waals surface area (Å²) in [7, 11) is -4.11. The zero-order valence-electron chi connectivity index (χ0n) is 16.3. The molecule has 10 heteroatoms. The van der Waals surface area contributed by atoms with Crippen molar-refractivity contribution in [3.05, 3.63) is 70.6 Å². The van der Waals surface area contributed by atoms with Crippen molar-refractivity contribution in [2.75, 3.05) is 26.3 Å². The van der Waals surface area contributed by atoms with E-state index in [4.69, 9.17) is 21.1 Å². The quantitative estimate of drug-likeness (QED) is 0.425. The molecule has 1 aromatic heterocycles. The maximum absolute atomic E-state index is 14.3. The smallest absolute Gasteiger partial charge is 0.338 e. The lowest BCUT2D eigenvalue weighted by molar-refractivity contribution is 0.0472. The number of hydrogen-bond acceptors (Lipinski definition) is 6. The molecule has 0 radical (unpaired) electrons. The number of esters is 1. The van der Waals surface area contributed by atoms with Gasteiger partial charge < -0.3 is 9.47 Å². The summed E-state index contributed by atoms with van der Waals surface area (Å²) in [5.74, 6) is -1.74. The normalized spacial score (nSPS) is 15.2. The van der Waals surface area contributed by atoms with Crippen LogP contribution in [0.1, 0.15) is 15.9 Å². The molecule has 0 atom stereocenters. The first-order chi connectivity index (χ1) is 14.9. The Labute approximate surface area is 183 Å². The molecule has 0 aliphatic carbocycles. The Morgan fingerprint density at radius 2 is 1.90 bits per heavy atom. The lowest BCUT2D eigenvalue weighted by Crippen LogP contribution is -2.41. The largest absolute Gasteiger partial charge is 0.457 e. The van der Waals surface area contributed by atoms with Gasteiger partial charge in [-0.2, -0.15) is 4.31 Å². The highest BCUT2D eigenvalue weighted by molar-refractivity contribution is 7.89. The molecule has 0 amide bonds. The molecular formula is C21H18ClFN2O5S. The molecule has 7 nitrogen and oxygen atoms in total. The number of aromatic nitrogens is 1. The first kappa shape index (κ1) is 21.6. The first-order valence-electron chi connectivity index (χ1n) is 9.45. The first-order valence-corrected chi connectivity index (χ1v) is 11.3. The van der Waals surface area contributed by atoms with Crippen LogP contribution in [0.2, 0.25) is 5.15 Å². The van der Waals surface area contributed by atoms with Crippen LogP contribution in [-0.4, -0.2) is 50.0 Å². The molecular weight excluding hydrogens is 447 g/mol. The van der Waals surface area contributed by atoms with Crippen LogP contribution < -0.4 is 0 Å². The van der Waals surface area contributed by atoms with E-state index in [1.165, 1.54) is 6.07 Å². The van der Waals surface area contributed by atoms with Crippen LogP contribution in [-0.2, 0) is 26.1 Å². The second-order valence-corrected chi connectivity index (χ2v) is 9.13. The van der Waals surface area contributed by atoms with Gasteiger partial charge in [0.25, 0.3) is 0 Å². The van der Waals surface area contributed by atoms with Crippen molar-refractivity contribution in [1.29, 1.82) is 0 Å². The Bertz CT molecular complexity index is 1250. The molecule has 0 spiro atoms. The van der Waals surface area contributed by atoms with E-state index < -0.39 is 26.7 Å². The van der Waals surface area contributed by atoms with E-state index in [0.717, 1.165) is 21.8 Å². The van der Waals surface area contributed by atoms with Gasteiger partial charge in [0.15, 0.2) is 0 Å². The molecule has 1 aliphatic rings. The summed E-state index contributed by atoms with van der Waals surface area (Å²) < 4.78 is 51.4. The number of carbonyl (C=O) groups is 1. The van der Waals surface area contributed by atoms with Crippen LogP contribution in [0.3, 0.4) is 0 Å². The fourth-order valence-electron chi connectivity index (χ4n) is 3.22. The molecule has 4 rings (SSSR count). The standard InChI is InChI=1S/C21H18ClFN2O5S/c22-20-16(11-14-3-1-2-4-18(14)24-20)13-30-21(26)15-5-6-17(23)19(12-15)31(27,28)25-7-9-29-10-8-25/h1-6,11-12H,7-10,13H2. The molecule has 2 aromatic carbocycles. The van der Waals surface area contributed by atoms with Crippen molar-refractivity contribution >= 4 is 38.5 Å². The Hall–Kier alpha value is -2.59. The van der Waals surface area contributed by atoms with E-state index >= 15 is 0 Å². The lowest BCUT2D eigenvalue weighted by Gasteiger charge is -2.26. The van der Waals surface area contributed by atoms with Gasteiger partial charge in [0.2, 0.25) is 10.0 Å². The number of para-hydroxylation sites is 1. The molecule has 2 heterocycles. The van der Waals surface area contributed by atoms with Gasteiger partial charge in [0, 0.05) is 24.0 Å². The molecule has 31 heavy (non-hydrogen) atoms. The number of nitrogens with zero attached hydrogens (tertiary/aromatic N) is 2. The van der Waals surface area contributed by atoms with Gasteiger partial charge in [-0.15, -0.1) is 0 Å². The second-order valence-electron chi connectivity index (χ2n) is 6.87. The van der Waals surface area contributed by atoms with Crippen molar-refractivity contribution in [3.8, 4) is 0 Å². The minimum absolute atomic E-state index is 0.0851. The summed E-state index contributed by atoms with van der Waals surface area (Å²) in [6.07, 6.45) is 0. The van der Waals surface area contributed by atoms with Crippen LogP contribution >= 0.6 is 11.6 Å². The Balaban J connectivity index is 1.54. The summed E-state index contributed by atoms with van der Waals surface area (Å²) in [5.41, 5.74) is 1.12. The second kappa shape index (κ2) is 8.88. The molecule has 1 aliphatic heterocycles. The Morgan fingerprint density at radius 1 is 1.16 bits per heavy atom. The van der Waals surface area contributed by atoms with Crippen molar-refractivity contribution in [1.82, 2.24) is 9.29 Å². The van der Waals surface area contributed by atoms with Gasteiger partial charge in [-0.05, 0) is 30.3 Å². The molecule has 0 N–H and O–H groups in total. The van der Waals surface area contributed by atoms with E-state index in [1.54, 1.807) is 6.07 Å². The van der Waals surface area contributed by atoms with Gasteiger partial charge in [-0.1, -0.05) is 29.8 Å². The van der Waals surface area contributed by atoms with E-state index in [1.807, 2.05) is 24.3 Å². The molecule has 0 saturated carbocycles. The molecule has 1 fully saturated rings. The van der Waals surface area contributed by atoms with E-state index in [2.05, 4.69) is 4.98 Å². The summed E-state index contributed by atoms with van der Waals surface area (Å²) in [6.45, 7) is 0.512. The van der Waals surface area contributed by atoms with Gasteiger partial charge >= 0.3 is 5.97 Å². The number of ether oxygens (including phenoxy) is 2. The van der Waals surface area contributed by atoms with Gasteiger partial charge in [-0.25, -0.2) is 22.6 Å². The zero-order valence-corrected chi connectivity index (χ0v) is 17.8. The lowest BCUT2D eigenvalue weighted by atomic mass is 10.1. The van der Waals surface area contributed by atoms with Crippen molar-refractivity contribution in [2.45, 2.75) is 11.5 Å². The monoisotopic (exact) mass is 464 g/mol. The predicted octanol–water partition coefficient (Wildman–Crippen LogP) is 3.41. The van der Waals surface area contributed by atoms with Crippen LogP contribution in [0.15, 0.2) is 53.4 Å². The van der Waals surface area contributed by atoms with Crippen LogP contribution in [0.4, 0.5) is 4.39 Å². The molecule has 0 bridgehead atoms. The van der Waals surface area contributed by atoms with Gasteiger partial charge in [0.1, 0.15) is 22.5 Å². The van der Waals surface area contributed by atoms with E-state index in [-0.39, 0.29) is 43.6 Å². The topological polar surface area (TPSA) is 85.8 Å². The van der Waals surface area contributed by atoms with Crippen molar-refractivity contribution in [3.63, 3.8) is 0 Å². The van der Waals surface area contributed by atoms with Crippen LogP contribution in [0, 0.1) is 5.82 Å². The maximum Gasteiger partial charge on any atom is 0.338 e. The number of pyridine rings is 1. The highest BCUT2D eigenvalue weighted by Crippen LogP contribution is 2.24. The van der Waals surface area contributed by atoms with Crippen molar-refractivity contribution in [2.24, 2.45) is 0 Å². The number of halogens is 2. The zero-order chi connectivity index (χ0) is 22.0. The SMILES string of the molecule is O=C(OCc1cc2ccccc2nc1Cl)c1ccc(F)c(S(=O)(=O)N2CCOCC2)c1. The third kappa shape index (κ3) is 4.54. The highest BCUT2D eigenvalue weighted by Gasteiger charge is 2.30. The van der Waals surface area contributed by atoms with E-state index in [0.29, 0.717) is 11.1 Å². The number of hydrogen-bond donors (Lipinski definition) is 0. The third-order valence-electron chi connectivity index (χ3n) is 4.86. The summed E-state index contributed by atoms with van der Waals surface area (Å²) in [6, 6.07) is 12.2. The minimum atomic E-state index is -4.11. The average Bonchev–Trinajstić information content (AvgIpc) is 2.78. The molecule has 162 valence electrons. The Morgan fingerprint density at radius 3 is 2.68 bits per heavy atom. The average molecular weight is 465 g/mol. The maximum atomic E-state index is 14.3. The number of benzene rings is 2. The van der Waals surface area contributed by atoms with Crippen LogP contribution in [0.5, 0.6) is 0 Å². The summed E-state index contributed by atoms with van der Waals surface area (Å²) in [5, 5.41) is 1.03. The number of rotatable bonds is 5. The van der Waals surface area contributed by atoms with Crippen LogP contribution in [0.25, 0.3) is 10.9 Å². The molecule has 1 saturated heterocycles. The Kier molecular flexibility index (Phi) is 6.19. The van der Waals surface area contributed by atoms with E-state index in [9.17, 15) is 17.6 Å². The predicted molar refractivity (Wildman–Crippen MR) is 112 cm³/mol.